The molecule has 2 aromatic rings. The molecule has 28 heavy (non-hydrogen) atoms. The summed E-state index contributed by atoms with van der Waals surface area (Å²) >= 11 is 0. The summed E-state index contributed by atoms with van der Waals surface area (Å²) in [5.74, 6) is -0.225. The van der Waals surface area contributed by atoms with Gasteiger partial charge >= 0.3 is 0 Å². The summed E-state index contributed by atoms with van der Waals surface area (Å²) in [5, 5.41) is 8.45. The fourth-order valence-corrected chi connectivity index (χ4v) is 3.51. The summed E-state index contributed by atoms with van der Waals surface area (Å²) in [6.45, 7) is 1.79. The van der Waals surface area contributed by atoms with Gasteiger partial charge in [-0.05, 0) is 48.6 Å². The Bertz CT molecular complexity index is 809. The fourth-order valence-electron chi connectivity index (χ4n) is 3.51. The number of rotatable bonds is 7. The van der Waals surface area contributed by atoms with Crippen molar-refractivity contribution in [3.63, 3.8) is 0 Å². The summed E-state index contributed by atoms with van der Waals surface area (Å²) < 4.78 is 5.06. The van der Waals surface area contributed by atoms with Gasteiger partial charge in [0.05, 0.1) is 6.26 Å². The molecule has 1 aromatic heterocycles. The van der Waals surface area contributed by atoms with Crippen LogP contribution in [0.2, 0.25) is 0 Å². The van der Waals surface area contributed by atoms with E-state index < -0.39 is 6.04 Å². The van der Waals surface area contributed by atoms with Gasteiger partial charge in [-0.2, -0.15) is 0 Å². The highest BCUT2D eigenvalue weighted by Crippen LogP contribution is 2.28. The van der Waals surface area contributed by atoms with E-state index in [4.69, 9.17) is 4.42 Å². The van der Waals surface area contributed by atoms with Crippen molar-refractivity contribution in [2.24, 2.45) is 5.92 Å². The second kappa shape index (κ2) is 9.21. The van der Waals surface area contributed by atoms with Crippen LogP contribution in [0.3, 0.4) is 0 Å². The molecular weight excluding hydrogens is 358 g/mol. The molecule has 0 aliphatic heterocycles. The molecule has 1 unspecified atom stereocenters. The van der Waals surface area contributed by atoms with Gasteiger partial charge in [0, 0.05) is 19.2 Å². The number of carbonyl (C=O) groups excluding carboxylic acids is 3. The molecule has 1 aliphatic rings. The van der Waals surface area contributed by atoms with Crippen LogP contribution >= 0.6 is 0 Å². The van der Waals surface area contributed by atoms with Crippen molar-refractivity contribution in [2.75, 3.05) is 5.32 Å². The normalized spacial score (nSPS) is 15.0. The van der Waals surface area contributed by atoms with Gasteiger partial charge in [-0.1, -0.05) is 25.0 Å². The molecule has 0 spiro atoms. The molecule has 1 saturated carbocycles. The van der Waals surface area contributed by atoms with E-state index in [0.717, 1.165) is 31.2 Å². The molecule has 0 radical (unpaired) electrons. The van der Waals surface area contributed by atoms with Crippen LogP contribution in [0.4, 0.5) is 5.69 Å². The second-order valence-electron chi connectivity index (χ2n) is 7.07. The van der Waals surface area contributed by atoms with Gasteiger partial charge in [0.25, 0.3) is 5.91 Å². The number of carbonyl (C=O) groups is 3. The summed E-state index contributed by atoms with van der Waals surface area (Å²) in [6.07, 6.45) is 5.56. The first kappa shape index (κ1) is 19.7. The molecule has 3 rings (SSSR count). The molecule has 3 amide bonds. The van der Waals surface area contributed by atoms with E-state index in [9.17, 15) is 14.4 Å². The van der Waals surface area contributed by atoms with Crippen LogP contribution in [0, 0.1) is 5.92 Å². The molecule has 3 N–H and O–H groups in total. The van der Waals surface area contributed by atoms with E-state index in [2.05, 4.69) is 16.0 Å². The molecule has 148 valence electrons. The maximum atomic E-state index is 12.6. The predicted molar refractivity (Wildman–Crippen MR) is 105 cm³/mol. The van der Waals surface area contributed by atoms with Crippen LogP contribution in [0.1, 0.15) is 48.7 Å². The van der Waals surface area contributed by atoms with Crippen molar-refractivity contribution < 1.29 is 18.8 Å². The topological polar surface area (TPSA) is 100 Å². The van der Waals surface area contributed by atoms with Crippen molar-refractivity contribution in [3.05, 3.63) is 54.0 Å². The van der Waals surface area contributed by atoms with Gasteiger partial charge in [-0.3, -0.25) is 14.4 Å². The van der Waals surface area contributed by atoms with Gasteiger partial charge < -0.3 is 20.4 Å². The average molecular weight is 383 g/mol. The maximum absolute atomic E-state index is 12.6. The van der Waals surface area contributed by atoms with Crippen molar-refractivity contribution in [1.82, 2.24) is 10.6 Å². The van der Waals surface area contributed by atoms with E-state index in [1.807, 2.05) is 12.1 Å². The molecule has 0 saturated heterocycles. The third-order valence-corrected chi connectivity index (χ3v) is 4.94. The minimum absolute atomic E-state index is 0.155. The lowest BCUT2D eigenvalue weighted by molar-refractivity contribution is -0.129. The zero-order valence-electron chi connectivity index (χ0n) is 15.9. The van der Waals surface area contributed by atoms with Gasteiger partial charge in [0.2, 0.25) is 11.8 Å². The van der Waals surface area contributed by atoms with Crippen LogP contribution in [0.5, 0.6) is 0 Å². The summed E-state index contributed by atoms with van der Waals surface area (Å²) in [7, 11) is 0. The van der Waals surface area contributed by atoms with E-state index in [1.165, 1.54) is 13.2 Å². The molecule has 1 aromatic carbocycles. The van der Waals surface area contributed by atoms with Crippen LogP contribution in [0.15, 0.2) is 47.1 Å². The van der Waals surface area contributed by atoms with Crippen LogP contribution in [0.25, 0.3) is 0 Å². The number of anilines is 1. The van der Waals surface area contributed by atoms with Gasteiger partial charge in [-0.25, -0.2) is 0 Å². The van der Waals surface area contributed by atoms with E-state index in [0.29, 0.717) is 12.2 Å². The summed E-state index contributed by atoms with van der Waals surface area (Å²) in [4.78, 5) is 36.0. The van der Waals surface area contributed by atoms with Crippen LogP contribution in [-0.2, 0) is 16.1 Å². The predicted octanol–water partition coefficient (Wildman–Crippen LogP) is 2.84. The fraction of sp³-hybridized carbons (Fsp3) is 0.381. The zero-order chi connectivity index (χ0) is 19.9. The van der Waals surface area contributed by atoms with Gasteiger partial charge in [0.15, 0.2) is 5.76 Å². The van der Waals surface area contributed by atoms with Crippen LogP contribution in [-0.4, -0.2) is 23.8 Å². The van der Waals surface area contributed by atoms with Crippen LogP contribution < -0.4 is 16.0 Å². The van der Waals surface area contributed by atoms with Crippen molar-refractivity contribution >= 4 is 23.4 Å². The molecule has 1 fully saturated rings. The highest BCUT2D eigenvalue weighted by Gasteiger charge is 2.31. The lowest BCUT2D eigenvalue weighted by Gasteiger charge is -2.23. The quantitative estimate of drug-likeness (QED) is 0.684. The Hall–Kier alpha value is -3.09. The second-order valence-corrected chi connectivity index (χ2v) is 7.07. The highest BCUT2D eigenvalue weighted by atomic mass is 16.3. The van der Waals surface area contributed by atoms with Crippen molar-refractivity contribution in [3.8, 4) is 0 Å². The number of hydrogen-bond donors (Lipinski definition) is 3. The third kappa shape index (κ3) is 5.22. The minimum atomic E-state index is -0.480. The lowest BCUT2D eigenvalue weighted by Crippen LogP contribution is -2.49. The minimum Gasteiger partial charge on any atom is -0.459 e. The average Bonchev–Trinajstić information content (AvgIpc) is 3.39. The Morgan fingerprint density at radius 3 is 2.43 bits per heavy atom. The molecule has 7 nitrogen and oxygen atoms in total. The SMILES string of the molecule is CC(=O)NC(C(=O)NCc1ccc(NC(=O)c2ccco2)cc1)C1CCCC1. The Balaban J connectivity index is 1.53. The van der Waals surface area contributed by atoms with E-state index >= 15 is 0 Å². The third-order valence-electron chi connectivity index (χ3n) is 4.94. The van der Waals surface area contributed by atoms with E-state index in [-0.39, 0.29) is 29.4 Å². The maximum Gasteiger partial charge on any atom is 0.291 e. The first-order valence-electron chi connectivity index (χ1n) is 9.51. The summed E-state index contributed by atoms with van der Waals surface area (Å²) in [5.41, 5.74) is 1.54. The first-order chi connectivity index (χ1) is 13.5. The summed E-state index contributed by atoms with van der Waals surface area (Å²) in [6, 6.07) is 9.97. The Labute approximate surface area is 163 Å². The van der Waals surface area contributed by atoms with Crippen molar-refractivity contribution in [1.29, 1.82) is 0 Å². The van der Waals surface area contributed by atoms with Gasteiger partial charge in [0.1, 0.15) is 6.04 Å². The molecule has 1 aliphatic carbocycles. The number of amides is 3. The number of furan rings is 1. The van der Waals surface area contributed by atoms with Gasteiger partial charge in [-0.15, -0.1) is 0 Å². The van der Waals surface area contributed by atoms with E-state index in [1.54, 1.807) is 24.3 Å². The Kier molecular flexibility index (Phi) is 6.47. The highest BCUT2D eigenvalue weighted by molar-refractivity contribution is 6.02. The Morgan fingerprint density at radius 1 is 1.11 bits per heavy atom. The van der Waals surface area contributed by atoms with Crippen molar-refractivity contribution in [2.45, 2.75) is 45.2 Å². The smallest absolute Gasteiger partial charge is 0.291 e. The Morgan fingerprint density at radius 2 is 1.82 bits per heavy atom. The number of nitrogens with one attached hydrogen (secondary N) is 3. The molecule has 0 bridgehead atoms. The lowest BCUT2D eigenvalue weighted by atomic mass is 9.97. The standard InChI is InChI=1S/C21H25N3O4/c1-14(25)23-19(16-5-2-3-6-16)21(27)22-13-15-8-10-17(11-9-15)24-20(26)18-7-4-12-28-18/h4,7-12,16,19H,2-3,5-6,13H2,1H3,(H,22,27)(H,23,25)(H,24,26). The first-order valence-corrected chi connectivity index (χ1v) is 9.51. The zero-order valence-corrected chi connectivity index (χ0v) is 15.9. The molecule has 1 atom stereocenters. The monoisotopic (exact) mass is 383 g/mol. The molecule has 7 heteroatoms. The number of hydrogen-bond acceptors (Lipinski definition) is 4. The molecular formula is C21H25N3O4. The molecule has 1 heterocycles. The largest absolute Gasteiger partial charge is 0.459 e. The number of benzene rings is 1.